The topological polar surface area (TPSA) is 69.3 Å². The molecule has 30 heavy (non-hydrogen) atoms. The monoisotopic (exact) mass is 405 g/mol. The van der Waals surface area contributed by atoms with Crippen molar-refractivity contribution in [3.63, 3.8) is 0 Å². The molecule has 7 heteroatoms. The Labute approximate surface area is 172 Å². The molecule has 4 aromatic rings. The molecule has 0 aliphatic carbocycles. The summed E-state index contributed by atoms with van der Waals surface area (Å²) in [4.78, 5) is 12.6. The first-order chi connectivity index (χ1) is 14.6. The molecule has 0 aliphatic rings. The molecular formula is C23H20FN3O3. The number of carbonyl (C=O) groups excluding carboxylic acids is 1. The van der Waals surface area contributed by atoms with Crippen LogP contribution in [0.25, 0.3) is 0 Å². The molecule has 2 aromatic heterocycles. The minimum absolute atomic E-state index is 0.0132. The van der Waals surface area contributed by atoms with E-state index in [-0.39, 0.29) is 18.1 Å². The summed E-state index contributed by atoms with van der Waals surface area (Å²) in [5.74, 6) is 0.386. The Morgan fingerprint density at radius 3 is 2.67 bits per heavy atom. The second-order valence-electron chi connectivity index (χ2n) is 6.75. The summed E-state index contributed by atoms with van der Waals surface area (Å²) >= 11 is 0. The molecule has 1 amide bonds. The van der Waals surface area contributed by atoms with Crippen molar-refractivity contribution in [3.05, 3.63) is 101 Å². The molecule has 152 valence electrons. The van der Waals surface area contributed by atoms with Gasteiger partial charge in [-0.05, 0) is 36.8 Å². The highest BCUT2D eigenvalue weighted by molar-refractivity contribution is 6.01. The van der Waals surface area contributed by atoms with Crippen LogP contribution in [0.3, 0.4) is 0 Å². The minimum atomic E-state index is -0.455. The first-order valence-electron chi connectivity index (χ1n) is 9.44. The van der Waals surface area contributed by atoms with Gasteiger partial charge in [-0.3, -0.25) is 4.79 Å². The molecule has 6 nitrogen and oxygen atoms in total. The lowest BCUT2D eigenvalue weighted by Crippen LogP contribution is -2.15. The van der Waals surface area contributed by atoms with Crippen LogP contribution in [-0.4, -0.2) is 15.7 Å². The highest BCUT2D eigenvalue weighted by Crippen LogP contribution is 2.19. The van der Waals surface area contributed by atoms with E-state index in [1.807, 2.05) is 37.3 Å². The summed E-state index contributed by atoms with van der Waals surface area (Å²) in [7, 11) is 0. The average Bonchev–Trinajstić information content (AvgIpc) is 3.35. The third-order valence-electron chi connectivity index (χ3n) is 4.41. The van der Waals surface area contributed by atoms with Crippen molar-refractivity contribution in [2.45, 2.75) is 20.1 Å². The molecular weight excluding hydrogens is 385 g/mol. The van der Waals surface area contributed by atoms with Gasteiger partial charge in [-0.1, -0.05) is 42.5 Å². The lowest BCUT2D eigenvalue weighted by Gasteiger charge is -2.08. The Kier molecular flexibility index (Phi) is 5.61. The van der Waals surface area contributed by atoms with Gasteiger partial charge in [0.05, 0.1) is 12.2 Å². The van der Waals surface area contributed by atoms with Crippen LogP contribution in [0.4, 0.5) is 10.2 Å². The van der Waals surface area contributed by atoms with Gasteiger partial charge in [0.2, 0.25) is 0 Å². The quantitative estimate of drug-likeness (QED) is 0.479. The van der Waals surface area contributed by atoms with Crippen LogP contribution < -0.4 is 10.1 Å². The number of hydrogen-bond acceptors (Lipinski definition) is 4. The maximum atomic E-state index is 13.6. The number of aryl methyl sites for hydroxylation is 1. The van der Waals surface area contributed by atoms with Gasteiger partial charge in [0.15, 0.2) is 17.3 Å². The number of halogens is 1. The normalized spacial score (nSPS) is 10.7. The maximum absolute atomic E-state index is 13.6. The van der Waals surface area contributed by atoms with Crippen molar-refractivity contribution >= 4 is 11.7 Å². The smallest absolute Gasteiger partial charge is 0.292 e. The molecule has 1 N–H and O–H groups in total. The van der Waals surface area contributed by atoms with Crippen LogP contribution in [0, 0.1) is 12.7 Å². The van der Waals surface area contributed by atoms with Crippen molar-refractivity contribution in [3.8, 4) is 5.75 Å². The summed E-state index contributed by atoms with van der Waals surface area (Å²) in [6, 6.07) is 20.9. The first kappa shape index (κ1) is 19.4. The molecule has 0 bridgehead atoms. The largest absolute Gasteiger partial charge is 0.483 e. The molecule has 4 rings (SSSR count). The predicted molar refractivity (Wildman–Crippen MR) is 110 cm³/mol. The number of benzene rings is 2. The minimum Gasteiger partial charge on any atom is -0.483 e. The molecule has 0 fully saturated rings. The zero-order valence-electron chi connectivity index (χ0n) is 16.3. The molecule has 2 heterocycles. The highest BCUT2D eigenvalue weighted by atomic mass is 19.1. The van der Waals surface area contributed by atoms with Gasteiger partial charge in [0.25, 0.3) is 5.91 Å². The molecule has 0 atom stereocenters. The Hall–Kier alpha value is -3.87. The second-order valence-corrected chi connectivity index (χ2v) is 6.75. The molecule has 0 aliphatic heterocycles. The number of para-hydroxylation sites is 1. The van der Waals surface area contributed by atoms with Gasteiger partial charge in [0, 0.05) is 6.07 Å². The average molecular weight is 405 g/mol. The fourth-order valence-corrected chi connectivity index (χ4v) is 2.99. The number of aromatic nitrogens is 2. The Bertz CT molecular complexity index is 1150. The van der Waals surface area contributed by atoms with Crippen LogP contribution in [0.2, 0.25) is 0 Å². The molecule has 0 saturated heterocycles. The number of nitrogens with zero attached hydrogens (tertiary/aromatic N) is 2. The number of carbonyl (C=O) groups is 1. The maximum Gasteiger partial charge on any atom is 0.292 e. The first-order valence-corrected chi connectivity index (χ1v) is 9.44. The molecule has 0 spiro atoms. The molecule has 2 aromatic carbocycles. The third kappa shape index (κ3) is 4.57. The van der Waals surface area contributed by atoms with Crippen molar-refractivity contribution in [1.82, 2.24) is 9.78 Å². The zero-order chi connectivity index (χ0) is 20.9. The van der Waals surface area contributed by atoms with E-state index in [1.165, 1.54) is 12.1 Å². The fourth-order valence-electron chi connectivity index (χ4n) is 2.99. The van der Waals surface area contributed by atoms with E-state index in [1.54, 1.807) is 35.0 Å². The van der Waals surface area contributed by atoms with Crippen LogP contribution in [0.5, 0.6) is 5.75 Å². The number of amides is 1. The van der Waals surface area contributed by atoms with E-state index in [0.29, 0.717) is 18.1 Å². The number of nitrogens with one attached hydrogen (secondary N) is 1. The van der Waals surface area contributed by atoms with Crippen LogP contribution in [0.1, 0.15) is 27.6 Å². The SMILES string of the molecule is Cc1cc(NC(=O)c2ccc(COc3ccccc3F)o2)n(Cc2ccccc2)n1. The number of rotatable bonds is 7. The zero-order valence-corrected chi connectivity index (χ0v) is 16.3. The third-order valence-corrected chi connectivity index (χ3v) is 4.41. The van der Waals surface area contributed by atoms with E-state index in [2.05, 4.69) is 10.4 Å². The van der Waals surface area contributed by atoms with Gasteiger partial charge >= 0.3 is 0 Å². The summed E-state index contributed by atoms with van der Waals surface area (Å²) in [5, 5.41) is 7.28. The molecule has 0 saturated carbocycles. The second kappa shape index (κ2) is 8.65. The Balaban J connectivity index is 1.42. The van der Waals surface area contributed by atoms with E-state index in [9.17, 15) is 9.18 Å². The van der Waals surface area contributed by atoms with Crippen molar-refractivity contribution in [2.24, 2.45) is 0 Å². The van der Waals surface area contributed by atoms with E-state index in [0.717, 1.165) is 11.3 Å². The van der Waals surface area contributed by atoms with E-state index < -0.39 is 11.7 Å². The lowest BCUT2D eigenvalue weighted by atomic mass is 10.2. The Morgan fingerprint density at radius 2 is 1.87 bits per heavy atom. The van der Waals surface area contributed by atoms with Crippen LogP contribution in [0.15, 0.2) is 77.2 Å². The molecule has 0 unspecified atom stereocenters. The van der Waals surface area contributed by atoms with Crippen molar-refractivity contribution < 1.29 is 18.3 Å². The highest BCUT2D eigenvalue weighted by Gasteiger charge is 2.15. The van der Waals surface area contributed by atoms with E-state index >= 15 is 0 Å². The summed E-state index contributed by atoms with van der Waals surface area (Å²) in [6.07, 6.45) is 0. The standard InChI is InChI=1S/C23H20FN3O3/c1-16-13-22(27(26-16)14-17-7-3-2-4-8-17)25-23(28)21-12-11-18(30-21)15-29-20-10-6-5-9-19(20)24/h2-13H,14-15H2,1H3,(H,25,28). The molecule has 0 radical (unpaired) electrons. The van der Waals surface area contributed by atoms with E-state index in [4.69, 9.17) is 9.15 Å². The van der Waals surface area contributed by atoms with Crippen LogP contribution >= 0.6 is 0 Å². The van der Waals surface area contributed by atoms with Crippen molar-refractivity contribution in [2.75, 3.05) is 5.32 Å². The summed E-state index contributed by atoms with van der Waals surface area (Å²) < 4.78 is 26.3. The number of furan rings is 1. The summed E-state index contributed by atoms with van der Waals surface area (Å²) in [5.41, 5.74) is 1.86. The van der Waals surface area contributed by atoms with Gasteiger partial charge in [-0.2, -0.15) is 5.10 Å². The number of hydrogen-bond donors (Lipinski definition) is 1. The van der Waals surface area contributed by atoms with Gasteiger partial charge < -0.3 is 14.5 Å². The Morgan fingerprint density at radius 1 is 1.10 bits per heavy atom. The lowest BCUT2D eigenvalue weighted by molar-refractivity contribution is 0.0991. The fraction of sp³-hybridized carbons (Fsp3) is 0.130. The summed E-state index contributed by atoms with van der Waals surface area (Å²) in [6.45, 7) is 2.41. The van der Waals surface area contributed by atoms with Crippen LogP contribution in [-0.2, 0) is 13.2 Å². The number of anilines is 1. The van der Waals surface area contributed by atoms with Gasteiger partial charge in [-0.15, -0.1) is 0 Å². The number of ether oxygens (including phenoxy) is 1. The van der Waals surface area contributed by atoms with Gasteiger partial charge in [0.1, 0.15) is 18.2 Å². The van der Waals surface area contributed by atoms with Crippen molar-refractivity contribution in [1.29, 1.82) is 0 Å². The van der Waals surface area contributed by atoms with Gasteiger partial charge in [-0.25, -0.2) is 9.07 Å². The predicted octanol–water partition coefficient (Wildman–Crippen LogP) is 4.80.